The molecule has 1 heterocycles. The Balaban J connectivity index is 2.82. The molecule has 0 amide bonds. The lowest BCUT2D eigenvalue weighted by Crippen LogP contribution is -2.67. The topological polar surface area (TPSA) is 24.5 Å². The third-order valence-corrected chi connectivity index (χ3v) is 4.69. The molecule has 2 unspecified atom stereocenters. The summed E-state index contributed by atoms with van der Waals surface area (Å²) in [5.74, 6) is 0.684. The average molecular weight is 256 g/mol. The number of rotatable bonds is 6. The summed E-state index contributed by atoms with van der Waals surface area (Å²) in [6.07, 6.45) is 2.40. The summed E-state index contributed by atoms with van der Waals surface area (Å²) >= 11 is 0. The summed E-state index contributed by atoms with van der Waals surface area (Å²) in [4.78, 5) is 2.66. The third kappa shape index (κ3) is 3.46. The fourth-order valence-electron chi connectivity index (χ4n) is 3.12. The number of piperazine rings is 1. The largest absolute Gasteiger partial charge is 0.383 e. The Hall–Kier alpha value is -0.120. The smallest absolute Gasteiger partial charge is 0.0615 e. The summed E-state index contributed by atoms with van der Waals surface area (Å²) in [6.45, 7) is 14.6. The minimum atomic E-state index is 0.299. The van der Waals surface area contributed by atoms with Crippen LogP contribution in [-0.4, -0.2) is 49.3 Å². The van der Waals surface area contributed by atoms with Crippen molar-refractivity contribution in [3.63, 3.8) is 0 Å². The van der Waals surface area contributed by atoms with Crippen LogP contribution in [0, 0.1) is 5.92 Å². The first-order valence-electron chi connectivity index (χ1n) is 7.49. The van der Waals surface area contributed by atoms with Gasteiger partial charge in [-0.3, -0.25) is 4.90 Å². The monoisotopic (exact) mass is 256 g/mol. The molecule has 0 radical (unpaired) electrons. The molecule has 0 spiro atoms. The number of nitrogens with one attached hydrogen (secondary N) is 1. The van der Waals surface area contributed by atoms with Gasteiger partial charge in [0.05, 0.1) is 6.61 Å². The van der Waals surface area contributed by atoms with Crippen LogP contribution in [-0.2, 0) is 4.74 Å². The SMILES string of the molecule is CCC1(CC)CN(C(C)COC)C(C(C)C)CN1. The number of hydrogen-bond acceptors (Lipinski definition) is 3. The summed E-state index contributed by atoms with van der Waals surface area (Å²) in [5.41, 5.74) is 0.299. The number of methoxy groups -OCH3 is 1. The Morgan fingerprint density at radius 2 is 1.89 bits per heavy atom. The highest BCUT2D eigenvalue weighted by Gasteiger charge is 2.39. The van der Waals surface area contributed by atoms with E-state index < -0.39 is 0 Å². The molecule has 0 saturated carbocycles. The van der Waals surface area contributed by atoms with Gasteiger partial charge in [0.2, 0.25) is 0 Å². The maximum atomic E-state index is 5.36. The van der Waals surface area contributed by atoms with E-state index in [1.807, 2.05) is 0 Å². The van der Waals surface area contributed by atoms with E-state index in [4.69, 9.17) is 4.74 Å². The number of nitrogens with zero attached hydrogens (tertiary/aromatic N) is 1. The molecular weight excluding hydrogens is 224 g/mol. The van der Waals surface area contributed by atoms with Crippen molar-refractivity contribution in [1.29, 1.82) is 0 Å². The molecule has 2 atom stereocenters. The van der Waals surface area contributed by atoms with Crippen molar-refractivity contribution in [2.75, 3.05) is 26.8 Å². The highest BCUT2D eigenvalue weighted by Crippen LogP contribution is 2.27. The van der Waals surface area contributed by atoms with Gasteiger partial charge in [-0.25, -0.2) is 0 Å². The molecule has 108 valence electrons. The van der Waals surface area contributed by atoms with Crippen LogP contribution in [0.3, 0.4) is 0 Å². The molecule has 1 fully saturated rings. The number of hydrogen-bond donors (Lipinski definition) is 1. The molecule has 0 aliphatic carbocycles. The van der Waals surface area contributed by atoms with Crippen LogP contribution >= 0.6 is 0 Å². The van der Waals surface area contributed by atoms with Crippen LogP contribution in [0.4, 0.5) is 0 Å². The van der Waals surface area contributed by atoms with E-state index in [2.05, 4.69) is 44.8 Å². The van der Waals surface area contributed by atoms with E-state index in [1.54, 1.807) is 7.11 Å². The highest BCUT2D eigenvalue weighted by atomic mass is 16.5. The average Bonchev–Trinajstić information content (AvgIpc) is 2.38. The van der Waals surface area contributed by atoms with Crippen molar-refractivity contribution in [1.82, 2.24) is 10.2 Å². The Kier molecular flexibility index (Phi) is 6.09. The van der Waals surface area contributed by atoms with Crippen molar-refractivity contribution in [2.24, 2.45) is 5.92 Å². The van der Waals surface area contributed by atoms with E-state index in [0.717, 1.165) is 19.7 Å². The quantitative estimate of drug-likeness (QED) is 0.790. The van der Waals surface area contributed by atoms with Gasteiger partial charge < -0.3 is 10.1 Å². The van der Waals surface area contributed by atoms with Gasteiger partial charge in [-0.2, -0.15) is 0 Å². The van der Waals surface area contributed by atoms with Crippen molar-refractivity contribution in [3.8, 4) is 0 Å². The fourth-order valence-corrected chi connectivity index (χ4v) is 3.12. The zero-order valence-electron chi connectivity index (χ0n) is 13.1. The van der Waals surface area contributed by atoms with Gasteiger partial charge in [0.1, 0.15) is 0 Å². The fraction of sp³-hybridized carbons (Fsp3) is 1.00. The van der Waals surface area contributed by atoms with Gasteiger partial charge >= 0.3 is 0 Å². The second kappa shape index (κ2) is 6.88. The van der Waals surface area contributed by atoms with Crippen LogP contribution < -0.4 is 5.32 Å². The summed E-state index contributed by atoms with van der Waals surface area (Å²) in [5, 5.41) is 3.81. The molecular formula is C15H32N2O. The van der Waals surface area contributed by atoms with Crippen molar-refractivity contribution >= 4 is 0 Å². The molecule has 0 bridgehead atoms. The van der Waals surface area contributed by atoms with Crippen molar-refractivity contribution < 1.29 is 4.74 Å². The zero-order chi connectivity index (χ0) is 13.8. The minimum Gasteiger partial charge on any atom is -0.383 e. The molecule has 3 heteroatoms. The van der Waals surface area contributed by atoms with Crippen molar-refractivity contribution in [3.05, 3.63) is 0 Å². The van der Waals surface area contributed by atoms with Crippen LogP contribution in [0.2, 0.25) is 0 Å². The lowest BCUT2D eigenvalue weighted by Gasteiger charge is -2.51. The molecule has 0 aromatic rings. The molecule has 1 saturated heterocycles. The van der Waals surface area contributed by atoms with E-state index in [1.165, 1.54) is 12.8 Å². The van der Waals surface area contributed by atoms with E-state index in [0.29, 0.717) is 23.5 Å². The predicted octanol–water partition coefficient (Wildman–Crippen LogP) is 2.51. The van der Waals surface area contributed by atoms with Crippen LogP contribution in [0.15, 0.2) is 0 Å². The first-order valence-corrected chi connectivity index (χ1v) is 7.49. The van der Waals surface area contributed by atoms with Gasteiger partial charge in [0.15, 0.2) is 0 Å². The summed E-state index contributed by atoms with van der Waals surface area (Å²) in [7, 11) is 1.80. The third-order valence-electron chi connectivity index (χ3n) is 4.69. The highest BCUT2D eigenvalue weighted by molar-refractivity contribution is 4.98. The van der Waals surface area contributed by atoms with E-state index in [9.17, 15) is 0 Å². The van der Waals surface area contributed by atoms with Crippen LogP contribution in [0.1, 0.15) is 47.5 Å². The van der Waals surface area contributed by atoms with E-state index >= 15 is 0 Å². The Bertz CT molecular complexity index is 239. The normalized spacial score (nSPS) is 26.5. The Labute approximate surface area is 113 Å². The number of ether oxygens (including phenoxy) is 1. The Morgan fingerprint density at radius 3 is 2.33 bits per heavy atom. The molecule has 1 aliphatic heterocycles. The zero-order valence-corrected chi connectivity index (χ0v) is 13.1. The van der Waals surface area contributed by atoms with E-state index in [-0.39, 0.29) is 0 Å². The first kappa shape index (κ1) is 15.9. The Morgan fingerprint density at radius 1 is 1.28 bits per heavy atom. The molecule has 1 rings (SSSR count). The molecule has 3 nitrogen and oxygen atoms in total. The van der Waals surface area contributed by atoms with Gasteiger partial charge in [-0.05, 0) is 25.7 Å². The molecule has 18 heavy (non-hydrogen) atoms. The summed E-state index contributed by atoms with van der Waals surface area (Å²) in [6, 6.07) is 1.13. The lowest BCUT2D eigenvalue weighted by molar-refractivity contribution is -0.00389. The molecule has 1 N–H and O–H groups in total. The maximum Gasteiger partial charge on any atom is 0.0615 e. The second-order valence-corrected chi connectivity index (χ2v) is 6.16. The van der Waals surface area contributed by atoms with Crippen molar-refractivity contribution in [2.45, 2.75) is 65.1 Å². The van der Waals surface area contributed by atoms with Gasteiger partial charge in [0.25, 0.3) is 0 Å². The summed E-state index contributed by atoms with van der Waals surface area (Å²) < 4.78 is 5.36. The first-order chi connectivity index (χ1) is 8.49. The van der Waals surface area contributed by atoms with Crippen LogP contribution in [0.5, 0.6) is 0 Å². The standard InChI is InChI=1S/C15H32N2O/c1-7-15(8-2)11-17(13(5)10-18-6)14(9-16-15)12(3)4/h12-14,16H,7-11H2,1-6H3. The minimum absolute atomic E-state index is 0.299. The predicted molar refractivity (Wildman–Crippen MR) is 78.0 cm³/mol. The van der Waals surface area contributed by atoms with Gasteiger partial charge in [0, 0.05) is 37.8 Å². The molecule has 0 aromatic heterocycles. The molecule has 0 aromatic carbocycles. The lowest BCUT2D eigenvalue weighted by atomic mass is 9.85. The second-order valence-electron chi connectivity index (χ2n) is 6.16. The maximum absolute atomic E-state index is 5.36. The molecule has 1 aliphatic rings. The van der Waals surface area contributed by atoms with Gasteiger partial charge in [-0.15, -0.1) is 0 Å². The van der Waals surface area contributed by atoms with Gasteiger partial charge in [-0.1, -0.05) is 27.7 Å². The van der Waals surface area contributed by atoms with Crippen LogP contribution in [0.25, 0.3) is 0 Å².